The number of nitrogens with zero attached hydrogens (tertiary/aromatic N) is 4. The minimum absolute atomic E-state index is 0.140. The molecule has 0 atom stereocenters. The average Bonchev–Trinajstić information content (AvgIpc) is 3.49. The first-order valence-corrected chi connectivity index (χ1v) is 13.3. The Labute approximate surface area is 206 Å². The first-order valence-electron chi connectivity index (χ1n) is 11.5. The molecule has 1 aliphatic carbocycles. The normalized spacial score (nSPS) is 14.0. The van der Waals surface area contributed by atoms with Gasteiger partial charge in [-0.15, -0.1) is 0 Å². The maximum absolute atomic E-state index is 14.7. The number of aryl methyl sites for hydroxylation is 1. The van der Waals surface area contributed by atoms with E-state index in [0.717, 1.165) is 28.2 Å². The van der Waals surface area contributed by atoms with E-state index in [-0.39, 0.29) is 16.6 Å². The predicted molar refractivity (Wildman–Crippen MR) is 134 cm³/mol. The van der Waals surface area contributed by atoms with Gasteiger partial charge in [0, 0.05) is 36.1 Å². The summed E-state index contributed by atoms with van der Waals surface area (Å²) in [4.78, 5) is 4.56. The fourth-order valence-corrected chi connectivity index (χ4v) is 6.24. The molecule has 2 heterocycles. The van der Waals surface area contributed by atoms with Gasteiger partial charge in [-0.1, -0.05) is 6.07 Å². The van der Waals surface area contributed by atoms with Gasteiger partial charge in [-0.25, -0.2) is 22.2 Å². The van der Waals surface area contributed by atoms with E-state index in [0.29, 0.717) is 29.7 Å². The van der Waals surface area contributed by atoms with Crippen molar-refractivity contribution in [2.75, 3.05) is 0 Å². The molecule has 0 spiro atoms. The SMILES string of the molecule is Cn1cc(-c2ccc3c(c2)ncn3-c2cc(CS(=O)(=O)C3CC3)cc(-c3ccc(F)cc3F)c2)cn1. The van der Waals surface area contributed by atoms with Crippen LogP contribution in [0.3, 0.4) is 0 Å². The summed E-state index contributed by atoms with van der Waals surface area (Å²) in [5.41, 5.74) is 5.37. The van der Waals surface area contributed by atoms with Crippen molar-refractivity contribution >= 4 is 20.9 Å². The Balaban J connectivity index is 1.47. The van der Waals surface area contributed by atoms with Gasteiger partial charge in [-0.2, -0.15) is 5.10 Å². The summed E-state index contributed by atoms with van der Waals surface area (Å²) < 4.78 is 57.3. The van der Waals surface area contributed by atoms with Crippen LogP contribution in [-0.2, 0) is 22.6 Å². The van der Waals surface area contributed by atoms with Gasteiger partial charge in [0.2, 0.25) is 0 Å². The summed E-state index contributed by atoms with van der Waals surface area (Å²) >= 11 is 0. The molecule has 3 aromatic carbocycles. The standard InChI is InChI=1S/C27H22F2N4O2S/c1-32-14-20(13-31-32)18-2-7-27-26(11-18)30-16-33(27)22-9-17(15-36(34,35)23-4-5-23)8-19(10-22)24-6-3-21(28)12-25(24)29/h2-3,6-14,16,23H,4-5,15H2,1H3. The Kier molecular flexibility index (Phi) is 5.26. The molecular formula is C27H22F2N4O2S. The maximum Gasteiger partial charge on any atom is 0.157 e. The molecule has 0 N–H and O–H groups in total. The zero-order valence-electron chi connectivity index (χ0n) is 19.4. The highest BCUT2D eigenvalue weighted by Crippen LogP contribution is 2.34. The number of halogens is 2. The van der Waals surface area contributed by atoms with Crippen molar-refractivity contribution in [1.29, 1.82) is 0 Å². The van der Waals surface area contributed by atoms with Gasteiger partial charge < -0.3 is 0 Å². The van der Waals surface area contributed by atoms with E-state index in [2.05, 4.69) is 10.1 Å². The quantitative estimate of drug-likeness (QED) is 0.308. The summed E-state index contributed by atoms with van der Waals surface area (Å²) in [5, 5.41) is 3.91. The van der Waals surface area contributed by atoms with Crippen LogP contribution in [-0.4, -0.2) is 33.0 Å². The van der Waals surface area contributed by atoms with Crippen LogP contribution in [0.15, 0.2) is 73.3 Å². The first kappa shape index (κ1) is 22.6. The third-order valence-electron chi connectivity index (χ3n) is 6.48. The lowest BCUT2D eigenvalue weighted by Gasteiger charge is -2.13. The molecule has 6 rings (SSSR count). The van der Waals surface area contributed by atoms with Crippen molar-refractivity contribution in [2.24, 2.45) is 7.05 Å². The molecular weight excluding hydrogens is 482 g/mol. The Bertz CT molecular complexity index is 1740. The van der Waals surface area contributed by atoms with Crippen LogP contribution in [0.2, 0.25) is 0 Å². The van der Waals surface area contributed by atoms with Crippen molar-refractivity contribution in [3.05, 3.63) is 90.5 Å². The van der Waals surface area contributed by atoms with Crippen LogP contribution >= 0.6 is 0 Å². The molecule has 0 radical (unpaired) electrons. The molecule has 0 saturated heterocycles. The molecule has 1 fully saturated rings. The number of benzene rings is 3. The van der Waals surface area contributed by atoms with Crippen LogP contribution in [0.5, 0.6) is 0 Å². The molecule has 0 unspecified atom stereocenters. The van der Waals surface area contributed by atoms with E-state index in [4.69, 9.17) is 0 Å². The highest BCUT2D eigenvalue weighted by atomic mass is 32.2. The first-order chi connectivity index (χ1) is 17.3. The van der Waals surface area contributed by atoms with Crippen LogP contribution in [0, 0.1) is 11.6 Å². The summed E-state index contributed by atoms with van der Waals surface area (Å²) in [6.45, 7) is 0. The smallest absolute Gasteiger partial charge is 0.157 e. The Morgan fingerprint density at radius 2 is 1.81 bits per heavy atom. The minimum Gasteiger partial charge on any atom is -0.299 e. The number of hydrogen-bond acceptors (Lipinski definition) is 4. The van der Waals surface area contributed by atoms with E-state index >= 15 is 0 Å². The molecule has 5 aromatic rings. The monoisotopic (exact) mass is 504 g/mol. The molecule has 0 amide bonds. The third-order valence-corrected chi connectivity index (χ3v) is 8.71. The zero-order valence-corrected chi connectivity index (χ0v) is 20.2. The predicted octanol–water partition coefficient (Wildman–Crippen LogP) is 5.45. The molecule has 6 nitrogen and oxygen atoms in total. The van der Waals surface area contributed by atoms with Crippen molar-refractivity contribution < 1.29 is 17.2 Å². The van der Waals surface area contributed by atoms with Gasteiger partial charge in [0.1, 0.15) is 18.0 Å². The number of hydrogen-bond donors (Lipinski definition) is 0. The summed E-state index contributed by atoms with van der Waals surface area (Å²) in [5.74, 6) is -1.52. The molecule has 0 bridgehead atoms. The second-order valence-electron chi connectivity index (χ2n) is 9.24. The molecule has 9 heteroatoms. The lowest BCUT2D eigenvalue weighted by Crippen LogP contribution is -2.10. The second kappa shape index (κ2) is 8.37. The van der Waals surface area contributed by atoms with Crippen LogP contribution < -0.4 is 0 Å². The zero-order chi connectivity index (χ0) is 25.0. The van der Waals surface area contributed by atoms with Gasteiger partial charge in [0.05, 0.1) is 28.2 Å². The van der Waals surface area contributed by atoms with Gasteiger partial charge in [-0.3, -0.25) is 9.25 Å². The number of aromatic nitrogens is 4. The van der Waals surface area contributed by atoms with Crippen LogP contribution in [0.1, 0.15) is 18.4 Å². The largest absolute Gasteiger partial charge is 0.299 e. The highest BCUT2D eigenvalue weighted by molar-refractivity contribution is 7.91. The molecule has 1 aliphatic rings. The summed E-state index contributed by atoms with van der Waals surface area (Å²) in [6.07, 6.45) is 6.72. The fraction of sp³-hybridized carbons (Fsp3) is 0.185. The van der Waals surface area contributed by atoms with Crippen molar-refractivity contribution in [3.63, 3.8) is 0 Å². The van der Waals surface area contributed by atoms with E-state index in [9.17, 15) is 17.2 Å². The average molecular weight is 505 g/mol. The summed E-state index contributed by atoms with van der Waals surface area (Å²) in [6, 6.07) is 14.5. The topological polar surface area (TPSA) is 69.8 Å². The van der Waals surface area contributed by atoms with Crippen molar-refractivity contribution in [3.8, 4) is 27.9 Å². The van der Waals surface area contributed by atoms with E-state index < -0.39 is 21.5 Å². The van der Waals surface area contributed by atoms with E-state index in [1.165, 1.54) is 12.1 Å². The number of rotatable bonds is 6. The van der Waals surface area contributed by atoms with Gasteiger partial charge >= 0.3 is 0 Å². The number of imidazole rings is 1. The van der Waals surface area contributed by atoms with Crippen LogP contribution in [0.4, 0.5) is 8.78 Å². The maximum atomic E-state index is 14.7. The minimum atomic E-state index is -3.30. The van der Waals surface area contributed by atoms with Gasteiger partial charge in [0.15, 0.2) is 9.84 Å². The number of fused-ring (bicyclic) bond motifs is 1. The third kappa shape index (κ3) is 4.19. The molecule has 182 valence electrons. The molecule has 2 aromatic heterocycles. The van der Waals surface area contributed by atoms with Crippen molar-refractivity contribution in [2.45, 2.75) is 23.8 Å². The van der Waals surface area contributed by atoms with Gasteiger partial charge in [-0.05, 0) is 72.0 Å². The molecule has 36 heavy (non-hydrogen) atoms. The van der Waals surface area contributed by atoms with E-state index in [1.54, 1.807) is 35.4 Å². The van der Waals surface area contributed by atoms with E-state index in [1.807, 2.05) is 36.0 Å². The number of sulfone groups is 1. The molecule has 0 aliphatic heterocycles. The lowest BCUT2D eigenvalue weighted by atomic mass is 10.0. The fourth-order valence-electron chi connectivity index (χ4n) is 4.52. The Morgan fingerprint density at radius 3 is 2.53 bits per heavy atom. The lowest BCUT2D eigenvalue weighted by molar-refractivity contribution is 0.585. The Morgan fingerprint density at radius 1 is 0.972 bits per heavy atom. The second-order valence-corrected chi connectivity index (χ2v) is 11.5. The van der Waals surface area contributed by atoms with Crippen LogP contribution in [0.25, 0.3) is 39.0 Å². The van der Waals surface area contributed by atoms with Gasteiger partial charge in [0.25, 0.3) is 0 Å². The van der Waals surface area contributed by atoms with Crippen molar-refractivity contribution in [1.82, 2.24) is 19.3 Å². The highest BCUT2D eigenvalue weighted by Gasteiger charge is 2.35. The molecule has 1 saturated carbocycles. The Hall–Kier alpha value is -3.85. The summed E-state index contributed by atoms with van der Waals surface area (Å²) in [7, 11) is -1.45.